The topological polar surface area (TPSA) is 21.3 Å². The predicted molar refractivity (Wildman–Crippen MR) is 76.7 cm³/mol. The molecule has 0 radical (unpaired) electrons. The quantitative estimate of drug-likeness (QED) is 0.684. The Bertz CT molecular complexity index is 304. The van der Waals surface area contributed by atoms with E-state index in [0.29, 0.717) is 0 Å². The molecule has 2 nitrogen and oxygen atoms in total. The van der Waals surface area contributed by atoms with Gasteiger partial charge in [-0.25, -0.2) is 0 Å². The summed E-state index contributed by atoms with van der Waals surface area (Å²) in [6.45, 7) is 5.03. The van der Waals surface area contributed by atoms with Crippen molar-refractivity contribution < 1.29 is 4.74 Å². The standard InChI is InChI=1S/C14H23NOS/c1-13-6-3-4-7-14(13)12-17-11-5-8-15-9-10-16-2/h3-4,6-7,15H,5,8-12H2,1-2H3. The van der Waals surface area contributed by atoms with Crippen LogP contribution in [0.1, 0.15) is 17.5 Å². The smallest absolute Gasteiger partial charge is 0.0587 e. The largest absolute Gasteiger partial charge is 0.383 e. The maximum Gasteiger partial charge on any atom is 0.0587 e. The molecule has 3 heteroatoms. The molecule has 0 bridgehead atoms. The van der Waals surface area contributed by atoms with E-state index in [1.54, 1.807) is 7.11 Å². The normalized spacial score (nSPS) is 10.7. The molecule has 0 unspecified atom stereocenters. The molecule has 0 amide bonds. The number of hydrogen-bond acceptors (Lipinski definition) is 3. The van der Waals surface area contributed by atoms with Gasteiger partial charge >= 0.3 is 0 Å². The van der Waals surface area contributed by atoms with E-state index in [2.05, 4.69) is 36.5 Å². The molecule has 0 saturated carbocycles. The van der Waals surface area contributed by atoms with E-state index >= 15 is 0 Å². The van der Waals surface area contributed by atoms with Gasteiger partial charge in [-0.2, -0.15) is 11.8 Å². The summed E-state index contributed by atoms with van der Waals surface area (Å²) in [4.78, 5) is 0. The maximum atomic E-state index is 4.97. The lowest BCUT2D eigenvalue weighted by Gasteiger charge is -2.06. The molecular formula is C14H23NOS. The fourth-order valence-electron chi connectivity index (χ4n) is 1.55. The molecule has 0 spiro atoms. The second-order valence-electron chi connectivity index (χ2n) is 4.08. The van der Waals surface area contributed by atoms with Crippen LogP contribution in [0.3, 0.4) is 0 Å². The van der Waals surface area contributed by atoms with E-state index in [1.807, 2.05) is 11.8 Å². The van der Waals surface area contributed by atoms with E-state index < -0.39 is 0 Å². The van der Waals surface area contributed by atoms with Gasteiger partial charge in [0.1, 0.15) is 0 Å². The summed E-state index contributed by atoms with van der Waals surface area (Å²) in [7, 11) is 1.74. The van der Waals surface area contributed by atoms with Crippen molar-refractivity contribution in [2.75, 3.05) is 32.6 Å². The highest BCUT2D eigenvalue weighted by Gasteiger charge is 1.96. The Morgan fingerprint density at radius 3 is 2.82 bits per heavy atom. The minimum atomic E-state index is 0.802. The zero-order valence-corrected chi connectivity index (χ0v) is 11.7. The summed E-state index contributed by atoms with van der Waals surface area (Å²) >= 11 is 2.01. The van der Waals surface area contributed by atoms with Gasteiger partial charge in [0.15, 0.2) is 0 Å². The van der Waals surface area contributed by atoms with Crippen LogP contribution in [0.25, 0.3) is 0 Å². The molecule has 0 aliphatic heterocycles. The second kappa shape index (κ2) is 9.51. The van der Waals surface area contributed by atoms with Crippen LogP contribution in [0.15, 0.2) is 24.3 Å². The lowest BCUT2D eigenvalue weighted by molar-refractivity contribution is 0.199. The fraction of sp³-hybridized carbons (Fsp3) is 0.571. The molecule has 1 rings (SSSR count). The Balaban J connectivity index is 1.99. The van der Waals surface area contributed by atoms with Gasteiger partial charge in [-0.1, -0.05) is 24.3 Å². The average molecular weight is 253 g/mol. The van der Waals surface area contributed by atoms with Crippen LogP contribution in [-0.4, -0.2) is 32.6 Å². The van der Waals surface area contributed by atoms with Gasteiger partial charge in [0.05, 0.1) is 6.61 Å². The minimum Gasteiger partial charge on any atom is -0.383 e. The predicted octanol–water partition coefficient (Wildman–Crippen LogP) is 2.85. The maximum absolute atomic E-state index is 4.97. The Morgan fingerprint density at radius 2 is 2.06 bits per heavy atom. The Kier molecular flexibility index (Phi) is 8.14. The molecule has 0 aliphatic rings. The van der Waals surface area contributed by atoms with Crippen molar-refractivity contribution in [1.29, 1.82) is 0 Å². The van der Waals surface area contributed by atoms with E-state index in [0.717, 1.165) is 25.4 Å². The third-order valence-corrected chi connectivity index (χ3v) is 3.74. The molecule has 0 saturated heterocycles. The summed E-state index contributed by atoms with van der Waals surface area (Å²) in [6, 6.07) is 8.62. The van der Waals surface area contributed by atoms with Crippen molar-refractivity contribution in [3.8, 4) is 0 Å². The molecule has 1 aromatic carbocycles. The number of benzene rings is 1. The van der Waals surface area contributed by atoms with Gasteiger partial charge in [0.2, 0.25) is 0 Å². The van der Waals surface area contributed by atoms with Crippen molar-refractivity contribution in [3.05, 3.63) is 35.4 Å². The lowest BCUT2D eigenvalue weighted by atomic mass is 10.1. The van der Waals surface area contributed by atoms with E-state index in [-0.39, 0.29) is 0 Å². The van der Waals surface area contributed by atoms with Gasteiger partial charge in [-0.3, -0.25) is 0 Å². The van der Waals surface area contributed by atoms with E-state index in [1.165, 1.54) is 23.3 Å². The number of aryl methyl sites for hydroxylation is 1. The number of ether oxygens (including phenoxy) is 1. The molecule has 0 atom stereocenters. The van der Waals surface area contributed by atoms with Crippen LogP contribution in [0, 0.1) is 6.92 Å². The molecule has 0 fully saturated rings. The van der Waals surface area contributed by atoms with Crippen LogP contribution in [0.4, 0.5) is 0 Å². The highest BCUT2D eigenvalue weighted by molar-refractivity contribution is 7.98. The number of hydrogen-bond donors (Lipinski definition) is 1. The zero-order chi connectivity index (χ0) is 12.3. The van der Waals surface area contributed by atoms with Crippen LogP contribution in [-0.2, 0) is 10.5 Å². The molecule has 96 valence electrons. The first-order valence-electron chi connectivity index (χ1n) is 6.16. The fourth-order valence-corrected chi connectivity index (χ4v) is 2.59. The molecule has 0 aliphatic carbocycles. The Morgan fingerprint density at radius 1 is 1.24 bits per heavy atom. The number of thioether (sulfide) groups is 1. The molecule has 0 aromatic heterocycles. The summed E-state index contributed by atoms with van der Waals surface area (Å²) in [5.74, 6) is 2.35. The third kappa shape index (κ3) is 6.71. The lowest BCUT2D eigenvalue weighted by Crippen LogP contribution is -2.20. The number of nitrogens with one attached hydrogen (secondary N) is 1. The van der Waals surface area contributed by atoms with Crippen LogP contribution < -0.4 is 5.32 Å². The first kappa shape index (κ1) is 14.6. The van der Waals surface area contributed by atoms with E-state index in [9.17, 15) is 0 Å². The first-order valence-corrected chi connectivity index (χ1v) is 7.32. The second-order valence-corrected chi connectivity index (χ2v) is 5.18. The summed E-state index contributed by atoms with van der Waals surface area (Å²) in [5.41, 5.74) is 2.86. The summed E-state index contributed by atoms with van der Waals surface area (Å²) in [6.07, 6.45) is 1.22. The zero-order valence-electron chi connectivity index (χ0n) is 10.9. The van der Waals surface area contributed by atoms with Crippen LogP contribution in [0.2, 0.25) is 0 Å². The van der Waals surface area contributed by atoms with Gasteiger partial charge < -0.3 is 10.1 Å². The van der Waals surface area contributed by atoms with Crippen molar-refractivity contribution in [2.24, 2.45) is 0 Å². The average Bonchev–Trinajstić information content (AvgIpc) is 2.35. The molecule has 1 aromatic rings. The highest BCUT2D eigenvalue weighted by Crippen LogP contribution is 2.16. The van der Waals surface area contributed by atoms with Gasteiger partial charge in [0, 0.05) is 19.4 Å². The van der Waals surface area contributed by atoms with E-state index in [4.69, 9.17) is 4.74 Å². The van der Waals surface area contributed by atoms with Crippen LogP contribution in [0.5, 0.6) is 0 Å². The Hall–Kier alpha value is -0.510. The number of methoxy groups -OCH3 is 1. The summed E-state index contributed by atoms with van der Waals surface area (Å²) in [5, 5.41) is 3.36. The SMILES string of the molecule is COCCNCCCSCc1ccccc1C. The van der Waals surface area contributed by atoms with Crippen LogP contribution >= 0.6 is 11.8 Å². The van der Waals surface area contributed by atoms with Crippen molar-refractivity contribution >= 4 is 11.8 Å². The molecule has 1 N–H and O–H groups in total. The first-order chi connectivity index (χ1) is 8.34. The highest BCUT2D eigenvalue weighted by atomic mass is 32.2. The minimum absolute atomic E-state index is 0.802. The van der Waals surface area contributed by atoms with Crippen molar-refractivity contribution in [1.82, 2.24) is 5.32 Å². The van der Waals surface area contributed by atoms with Gasteiger partial charge in [0.25, 0.3) is 0 Å². The monoisotopic (exact) mass is 253 g/mol. The van der Waals surface area contributed by atoms with Gasteiger partial charge in [-0.15, -0.1) is 0 Å². The summed E-state index contributed by atoms with van der Waals surface area (Å²) < 4.78 is 4.97. The Labute approximate surface area is 109 Å². The van der Waals surface area contributed by atoms with Crippen molar-refractivity contribution in [2.45, 2.75) is 19.1 Å². The van der Waals surface area contributed by atoms with Crippen molar-refractivity contribution in [3.63, 3.8) is 0 Å². The molecular weight excluding hydrogens is 230 g/mol. The third-order valence-electron chi connectivity index (χ3n) is 2.64. The number of rotatable bonds is 9. The molecule has 0 heterocycles. The molecule has 17 heavy (non-hydrogen) atoms. The van der Waals surface area contributed by atoms with Gasteiger partial charge in [-0.05, 0) is 36.8 Å².